The average Bonchev–Trinajstić information content (AvgIpc) is 2.76. The van der Waals surface area contributed by atoms with Gasteiger partial charge in [-0.1, -0.05) is 15.9 Å². The normalized spacial score (nSPS) is 23.5. The molecule has 4 nitrogen and oxygen atoms in total. The molecule has 1 aliphatic rings. The first-order valence-corrected chi connectivity index (χ1v) is 6.71. The Morgan fingerprint density at radius 3 is 3.05 bits per heavy atom. The van der Waals surface area contributed by atoms with Crippen molar-refractivity contribution in [3.63, 3.8) is 0 Å². The molecule has 19 heavy (non-hydrogen) atoms. The van der Waals surface area contributed by atoms with Crippen molar-refractivity contribution in [2.45, 2.75) is 18.6 Å². The number of phenolic OH excluding ortho intramolecular Hbond substituents is 1. The Bertz CT molecular complexity index is 497. The van der Waals surface area contributed by atoms with Crippen LogP contribution in [0.2, 0.25) is 0 Å². The highest BCUT2D eigenvalue weighted by Gasteiger charge is 2.46. The molecule has 104 valence electrons. The van der Waals surface area contributed by atoms with Crippen LogP contribution in [0.4, 0.5) is 4.39 Å². The molecule has 1 aliphatic heterocycles. The van der Waals surface area contributed by atoms with Gasteiger partial charge < -0.3 is 9.84 Å². The molecule has 1 fully saturated rings. The molecule has 0 aromatic heterocycles. The summed E-state index contributed by atoms with van der Waals surface area (Å²) in [4.78, 5) is 13.2. The maximum Gasteiger partial charge on any atom is 0.345 e. The maximum absolute atomic E-state index is 14.3. The van der Waals surface area contributed by atoms with Gasteiger partial charge in [-0.3, -0.25) is 4.90 Å². The second-order valence-corrected chi connectivity index (χ2v) is 5.55. The number of esters is 1. The molecule has 1 heterocycles. The number of nitrogens with zero attached hydrogens (tertiary/aromatic N) is 1. The van der Waals surface area contributed by atoms with E-state index in [1.807, 2.05) is 4.90 Å². The Labute approximate surface area is 119 Å². The number of hydrogen-bond acceptors (Lipinski definition) is 4. The van der Waals surface area contributed by atoms with Crippen molar-refractivity contribution >= 4 is 21.9 Å². The summed E-state index contributed by atoms with van der Waals surface area (Å²) in [6, 6.07) is 4.94. The van der Waals surface area contributed by atoms with Gasteiger partial charge >= 0.3 is 5.97 Å². The number of rotatable bonds is 3. The fraction of sp³-hybridized carbons (Fsp3) is 0.462. The molecule has 0 unspecified atom stereocenters. The van der Waals surface area contributed by atoms with Gasteiger partial charge in [-0.15, -0.1) is 0 Å². The molecule has 0 amide bonds. The Balaban J connectivity index is 2.06. The third-order valence-electron chi connectivity index (χ3n) is 3.27. The predicted octanol–water partition coefficient (Wildman–Crippen LogP) is 2.24. The number of halogens is 2. The minimum Gasteiger partial charge on any atom is -0.508 e. The van der Waals surface area contributed by atoms with Crippen molar-refractivity contribution in [1.29, 1.82) is 0 Å². The van der Waals surface area contributed by atoms with Crippen molar-refractivity contribution in [3.05, 3.63) is 28.2 Å². The topological polar surface area (TPSA) is 49.8 Å². The minimum atomic E-state index is -1.92. The Morgan fingerprint density at radius 1 is 1.63 bits per heavy atom. The molecule has 6 heteroatoms. The van der Waals surface area contributed by atoms with Crippen LogP contribution in [0.5, 0.6) is 5.75 Å². The lowest BCUT2D eigenvalue weighted by molar-refractivity contribution is -0.153. The van der Waals surface area contributed by atoms with Crippen LogP contribution in [0.15, 0.2) is 22.7 Å². The van der Waals surface area contributed by atoms with Crippen molar-refractivity contribution in [1.82, 2.24) is 4.90 Å². The van der Waals surface area contributed by atoms with Gasteiger partial charge in [0.15, 0.2) is 0 Å². The van der Waals surface area contributed by atoms with Gasteiger partial charge in [-0.05, 0) is 23.8 Å². The highest BCUT2D eigenvalue weighted by molar-refractivity contribution is 9.10. The Kier molecular flexibility index (Phi) is 4.10. The Morgan fingerprint density at radius 2 is 2.37 bits per heavy atom. The second-order valence-electron chi connectivity index (χ2n) is 4.69. The van der Waals surface area contributed by atoms with Crippen LogP contribution in [-0.4, -0.2) is 41.8 Å². The first-order valence-electron chi connectivity index (χ1n) is 5.92. The molecule has 0 aliphatic carbocycles. The lowest BCUT2D eigenvalue weighted by atomic mass is 10.1. The summed E-state index contributed by atoms with van der Waals surface area (Å²) in [6.07, 6.45) is 0.135. The van der Waals surface area contributed by atoms with Crippen molar-refractivity contribution in [2.75, 3.05) is 20.2 Å². The fourth-order valence-corrected chi connectivity index (χ4v) is 2.63. The lowest BCUT2D eigenvalue weighted by Gasteiger charge is -2.19. The molecule has 0 saturated carbocycles. The maximum atomic E-state index is 14.3. The van der Waals surface area contributed by atoms with Crippen molar-refractivity contribution < 1.29 is 19.0 Å². The van der Waals surface area contributed by atoms with E-state index in [1.165, 1.54) is 7.11 Å². The van der Waals surface area contributed by atoms with Crippen LogP contribution < -0.4 is 0 Å². The van der Waals surface area contributed by atoms with Gasteiger partial charge in [0.05, 0.1) is 7.11 Å². The molecule has 1 atom stereocenters. The average molecular weight is 332 g/mol. The molecular weight excluding hydrogens is 317 g/mol. The van der Waals surface area contributed by atoms with Crippen molar-refractivity contribution in [3.8, 4) is 5.75 Å². The van der Waals surface area contributed by atoms with E-state index in [-0.39, 0.29) is 18.7 Å². The van der Waals surface area contributed by atoms with E-state index < -0.39 is 11.6 Å². The fourth-order valence-electron chi connectivity index (χ4n) is 2.26. The zero-order chi connectivity index (χ0) is 14.0. The number of likely N-dealkylation sites (tertiary alicyclic amines) is 1. The molecular formula is C13H15BrFNO3. The van der Waals surface area contributed by atoms with Crippen LogP contribution in [0.3, 0.4) is 0 Å². The van der Waals surface area contributed by atoms with Crippen LogP contribution >= 0.6 is 15.9 Å². The van der Waals surface area contributed by atoms with Crippen LogP contribution in [0.1, 0.15) is 12.0 Å². The lowest BCUT2D eigenvalue weighted by Crippen LogP contribution is -2.38. The number of carbonyl (C=O) groups excluding carboxylic acids is 1. The third kappa shape index (κ3) is 3.06. The first kappa shape index (κ1) is 14.3. The molecule has 0 bridgehead atoms. The van der Waals surface area contributed by atoms with E-state index in [0.717, 1.165) is 10.0 Å². The summed E-state index contributed by atoms with van der Waals surface area (Å²) < 4.78 is 19.6. The smallest absolute Gasteiger partial charge is 0.345 e. The second kappa shape index (κ2) is 5.46. The zero-order valence-corrected chi connectivity index (χ0v) is 12.1. The minimum absolute atomic E-state index is 0.0156. The standard InChI is InChI=1S/C13H15BrFNO3/c1-19-12(18)13(15)4-5-16(8-13)7-9-6-10(17)2-3-11(9)14/h2-3,6,17H,4-5,7-8H2,1H3/t13-/m1/s1. The number of alkyl halides is 1. The molecule has 0 radical (unpaired) electrons. The molecule has 2 rings (SSSR count). The molecule has 1 N–H and O–H groups in total. The summed E-state index contributed by atoms with van der Waals surface area (Å²) in [5, 5.41) is 9.45. The summed E-state index contributed by atoms with van der Waals surface area (Å²) in [5.41, 5.74) is -1.06. The van der Waals surface area contributed by atoms with Gasteiger partial charge in [0, 0.05) is 30.5 Å². The van der Waals surface area contributed by atoms with Gasteiger partial charge in [0.2, 0.25) is 5.67 Å². The number of carbonyl (C=O) groups is 1. The molecule has 1 aromatic rings. The van der Waals surface area contributed by atoms with E-state index in [2.05, 4.69) is 20.7 Å². The van der Waals surface area contributed by atoms with E-state index in [0.29, 0.717) is 13.1 Å². The SMILES string of the molecule is COC(=O)[C@@]1(F)CCN(Cc2cc(O)ccc2Br)C1. The number of phenols is 1. The number of hydrogen-bond donors (Lipinski definition) is 1. The zero-order valence-electron chi connectivity index (χ0n) is 10.5. The van der Waals surface area contributed by atoms with Gasteiger partial charge in [-0.25, -0.2) is 9.18 Å². The number of ether oxygens (including phenoxy) is 1. The monoisotopic (exact) mass is 331 g/mol. The van der Waals surface area contributed by atoms with Crippen LogP contribution in [0, 0.1) is 0 Å². The van der Waals surface area contributed by atoms with E-state index >= 15 is 0 Å². The van der Waals surface area contributed by atoms with Gasteiger partial charge in [-0.2, -0.15) is 0 Å². The summed E-state index contributed by atoms with van der Waals surface area (Å²) in [6.45, 7) is 0.965. The first-order chi connectivity index (χ1) is 8.94. The molecule has 1 saturated heterocycles. The number of aromatic hydroxyl groups is 1. The van der Waals surface area contributed by atoms with Crippen molar-refractivity contribution in [2.24, 2.45) is 0 Å². The highest BCUT2D eigenvalue weighted by Crippen LogP contribution is 2.30. The third-order valence-corrected chi connectivity index (χ3v) is 4.05. The van der Waals surface area contributed by atoms with Gasteiger partial charge in [0.25, 0.3) is 0 Å². The Hall–Kier alpha value is -1.14. The highest BCUT2D eigenvalue weighted by atomic mass is 79.9. The van der Waals surface area contributed by atoms with E-state index in [9.17, 15) is 14.3 Å². The predicted molar refractivity (Wildman–Crippen MR) is 71.6 cm³/mol. The molecule has 1 aromatic carbocycles. The summed E-state index contributed by atoms with van der Waals surface area (Å²) in [5.74, 6) is -0.651. The van der Waals surface area contributed by atoms with E-state index in [1.54, 1.807) is 18.2 Å². The summed E-state index contributed by atoms with van der Waals surface area (Å²) >= 11 is 3.39. The van der Waals surface area contributed by atoms with E-state index in [4.69, 9.17) is 0 Å². The molecule has 0 spiro atoms. The van der Waals surface area contributed by atoms with Crippen LogP contribution in [-0.2, 0) is 16.1 Å². The largest absolute Gasteiger partial charge is 0.508 e. The van der Waals surface area contributed by atoms with Crippen LogP contribution in [0.25, 0.3) is 0 Å². The van der Waals surface area contributed by atoms with Gasteiger partial charge in [0.1, 0.15) is 5.75 Å². The number of methoxy groups -OCH3 is 1. The summed E-state index contributed by atoms with van der Waals surface area (Å²) in [7, 11) is 1.19. The quantitative estimate of drug-likeness (QED) is 0.863. The number of benzene rings is 1.